The lowest BCUT2D eigenvalue weighted by Crippen LogP contribution is -2.02. The summed E-state index contributed by atoms with van der Waals surface area (Å²) < 4.78 is 1.86. The second-order valence-electron chi connectivity index (χ2n) is 3.62. The first-order valence-electron chi connectivity index (χ1n) is 5.41. The summed E-state index contributed by atoms with van der Waals surface area (Å²) in [6.45, 7) is 3.52. The molecule has 0 spiro atoms. The van der Waals surface area contributed by atoms with E-state index in [9.17, 15) is 0 Å². The van der Waals surface area contributed by atoms with Gasteiger partial charge < -0.3 is 5.32 Å². The summed E-state index contributed by atoms with van der Waals surface area (Å²) >= 11 is 12.0. The van der Waals surface area contributed by atoms with Crippen LogP contribution in [0, 0.1) is 0 Å². The molecule has 0 bridgehead atoms. The monoisotopic (exact) mass is 269 g/mol. The Balaban J connectivity index is 2.04. The molecule has 0 aliphatic heterocycles. The van der Waals surface area contributed by atoms with E-state index < -0.39 is 0 Å². The van der Waals surface area contributed by atoms with Crippen molar-refractivity contribution in [2.45, 2.75) is 20.0 Å². The molecule has 0 aliphatic carbocycles. The van der Waals surface area contributed by atoms with Crippen LogP contribution in [-0.4, -0.2) is 9.78 Å². The Hall–Kier alpha value is -1.19. The maximum absolute atomic E-state index is 6.09. The maximum atomic E-state index is 6.09. The van der Waals surface area contributed by atoms with Gasteiger partial charge in [0.25, 0.3) is 0 Å². The highest BCUT2D eigenvalue weighted by molar-refractivity contribution is 6.42. The Bertz CT molecular complexity index is 508. The SMILES string of the molecule is CCn1ccc(NCc2cccc(Cl)c2Cl)n1. The number of benzene rings is 1. The van der Waals surface area contributed by atoms with E-state index in [2.05, 4.69) is 10.4 Å². The van der Waals surface area contributed by atoms with Gasteiger partial charge in [-0.05, 0) is 18.6 Å². The molecule has 0 atom stereocenters. The van der Waals surface area contributed by atoms with Gasteiger partial charge in [0.2, 0.25) is 0 Å². The first-order chi connectivity index (χ1) is 8.20. The van der Waals surface area contributed by atoms with Crippen LogP contribution in [-0.2, 0) is 13.1 Å². The van der Waals surface area contributed by atoms with Gasteiger partial charge in [-0.25, -0.2) is 0 Å². The summed E-state index contributed by atoms with van der Waals surface area (Å²) in [4.78, 5) is 0. The Morgan fingerprint density at radius 2 is 2.12 bits per heavy atom. The fraction of sp³-hybridized carbons (Fsp3) is 0.250. The zero-order valence-electron chi connectivity index (χ0n) is 9.45. The van der Waals surface area contributed by atoms with E-state index in [0.717, 1.165) is 17.9 Å². The van der Waals surface area contributed by atoms with E-state index in [4.69, 9.17) is 23.2 Å². The lowest BCUT2D eigenvalue weighted by molar-refractivity contribution is 0.661. The second kappa shape index (κ2) is 5.43. The van der Waals surface area contributed by atoms with E-state index in [1.54, 1.807) is 6.07 Å². The van der Waals surface area contributed by atoms with E-state index in [0.29, 0.717) is 16.6 Å². The maximum Gasteiger partial charge on any atom is 0.148 e. The molecule has 0 radical (unpaired) electrons. The highest BCUT2D eigenvalue weighted by Crippen LogP contribution is 2.25. The van der Waals surface area contributed by atoms with Gasteiger partial charge >= 0.3 is 0 Å². The molecule has 1 N–H and O–H groups in total. The highest BCUT2D eigenvalue weighted by Gasteiger charge is 2.04. The Morgan fingerprint density at radius 3 is 2.82 bits per heavy atom. The number of aryl methyl sites for hydroxylation is 1. The molecule has 1 aromatic heterocycles. The van der Waals surface area contributed by atoms with Crippen LogP contribution in [0.25, 0.3) is 0 Å². The third-order valence-corrected chi connectivity index (χ3v) is 3.31. The zero-order valence-corrected chi connectivity index (χ0v) is 11.0. The van der Waals surface area contributed by atoms with Gasteiger partial charge in [-0.15, -0.1) is 0 Å². The quantitative estimate of drug-likeness (QED) is 0.915. The summed E-state index contributed by atoms with van der Waals surface area (Å²) in [5, 5.41) is 8.70. The van der Waals surface area contributed by atoms with Crippen molar-refractivity contribution >= 4 is 29.0 Å². The number of anilines is 1. The third kappa shape index (κ3) is 2.93. The highest BCUT2D eigenvalue weighted by atomic mass is 35.5. The molecule has 2 rings (SSSR count). The van der Waals surface area contributed by atoms with E-state index in [1.807, 2.05) is 36.0 Å². The van der Waals surface area contributed by atoms with Crippen LogP contribution in [0.5, 0.6) is 0 Å². The van der Waals surface area contributed by atoms with Gasteiger partial charge in [-0.2, -0.15) is 5.10 Å². The first kappa shape index (κ1) is 12.3. The largest absolute Gasteiger partial charge is 0.364 e. The predicted octanol–water partition coefficient (Wildman–Crippen LogP) is 3.82. The molecule has 0 saturated carbocycles. The van der Waals surface area contributed by atoms with Crippen LogP contribution in [0.1, 0.15) is 12.5 Å². The first-order valence-corrected chi connectivity index (χ1v) is 6.16. The molecule has 90 valence electrons. The number of hydrogen-bond acceptors (Lipinski definition) is 2. The minimum atomic E-state index is 0.574. The minimum Gasteiger partial charge on any atom is -0.364 e. The molecule has 1 heterocycles. The summed E-state index contributed by atoms with van der Waals surface area (Å²) in [7, 11) is 0. The Kier molecular flexibility index (Phi) is 3.92. The number of aromatic nitrogens is 2. The van der Waals surface area contributed by atoms with Crippen molar-refractivity contribution in [3.05, 3.63) is 46.1 Å². The molecule has 0 saturated heterocycles. The van der Waals surface area contributed by atoms with Crippen molar-refractivity contribution in [1.29, 1.82) is 0 Å². The van der Waals surface area contributed by atoms with Gasteiger partial charge in [0.1, 0.15) is 5.82 Å². The van der Waals surface area contributed by atoms with Gasteiger partial charge in [-0.1, -0.05) is 35.3 Å². The third-order valence-electron chi connectivity index (χ3n) is 2.46. The molecule has 0 fully saturated rings. The zero-order chi connectivity index (χ0) is 12.3. The lowest BCUT2D eigenvalue weighted by Gasteiger charge is -2.06. The van der Waals surface area contributed by atoms with E-state index in [1.165, 1.54) is 0 Å². The van der Waals surface area contributed by atoms with Crippen LogP contribution in [0.15, 0.2) is 30.5 Å². The van der Waals surface area contributed by atoms with Crippen molar-refractivity contribution in [2.24, 2.45) is 0 Å². The molecular formula is C12H13Cl2N3. The van der Waals surface area contributed by atoms with Crippen molar-refractivity contribution in [3.8, 4) is 0 Å². The average Bonchev–Trinajstić information content (AvgIpc) is 2.79. The van der Waals surface area contributed by atoms with Crippen molar-refractivity contribution < 1.29 is 0 Å². The summed E-state index contributed by atoms with van der Waals surface area (Å²) in [5.74, 6) is 0.836. The lowest BCUT2D eigenvalue weighted by atomic mass is 10.2. The van der Waals surface area contributed by atoms with Crippen LogP contribution < -0.4 is 5.32 Å². The molecule has 0 amide bonds. The molecule has 1 aromatic carbocycles. The molecule has 2 aromatic rings. The number of nitrogens with zero attached hydrogens (tertiary/aromatic N) is 2. The predicted molar refractivity (Wildman–Crippen MR) is 71.7 cm³/mol. The number of halogens is 2. The van der Waals surface area contributed by atoms with Gasteiger partial charge in [0.05, 0.1) is 10.0 Å². The van der Waals surface area contributed by atoms with Gasteiger partial charge in [0.15, 0.2) is 0 Å². The molecular weight excluding hydrogens is 257 g/mol. The average molecular weight is 270 g/mol. The molecule has 0 unspecified atom stereocenters. The van der Waals surface area contributed by atoms with Crippen molar-refractivity contribution in [1.82, 2.24) is 9.78 Å². The van der Waals surface area contributed by atoms with Crippen LogP contribution >= 0.6 is 23.2 Å². The Labute approximate surface area is 110 Å². The molecule has 3 nitrogen and oxygen atoms in total. The molecule has 17 heavy (non-hydrogen) atoms. The smallest absolute Gasteiger partial charge is 0.148 e. The van der Waals surface area contributed by atoms with Crippen molar-refractivity contribution in [2.75, 3.05) is 5.32 Å². The fourth-order valence-corrected chi connectivity index (χ4v) is 1.89. The number of rotatable bonds is 4. The Morgan fingerprint density at radius 1 is 1.29 bits per heavy atom. The normalized spacial score (nSPS) is 10.5. The summed E-state index contributed by atoms with van der Waals surface area (Å²) in [5.41, 5.74) is 0.963. The van der Waals surface area contributed by atoms with Crippen LogP contribution in [0.2, 0.25) is 10.0 Å². The van der Waals surface area contributed by atoms with Crippen LogP contribution in [0.4, 0.5) is 5.82 Å². The van der Waals surface area contributed by atoms with Gasteiger partial charge in [0, 0.05) is 25.4 Å². The second-order valence-corrected chi connectivity index (χ2v) is 4.41. The van der Waals surface area contributed by atoms with Crippen molar-refractivity contribution in [3.63, 3.8) is 0 Å². The summed E-state index contributed by atoms with van der Waals surface area (Å²) in [6, 6.07) is 7.54. The van der Waals surface area contributed by atoms with Crippen LogP contribution in [0.3, 0.4) is 0 Å². The number of hydrogen-bond donors (Lipinski definition) is 1. The minimum absolute atomic E-state index is 0.574. The fourth-order valence-electron chi connectivity index (χ4n) is 1.50. The topological polar surface area (TPSA) is 29.9 Å². The number of nitrogens with one attached hydrogen (secondary N) is 1. The summed E-state index contributed by atoms with van der Waals surface area (Å²) in [6.07, 6.45) is 1.93. The van der Waals surface area contributed by atoms with E-state index >= 15 is 0 Å². The molecule has 5 heteroatoms. The molecule has 0 aliphatic rings. The van der Waals surface area contributed by atoms with E-state index in [-0.39, 0.29) is 0 Å². The standard InChI is InChI=1S/C12H13Cl2N3/c1-2-17-7-6-11(16-17)15-8-9-4-3-5-10(13)12(9)14/h3-7H,2,8H2,1H3,(H,15,16). The van der Waals surface area contributed by atoms with Gasteiger partial charge in [-0.3, -0.25) is 4.68 Å².